The Balaban J connectivity index is 1.49. The first-order valence-electron chi connectivity index (χ1n) is 13.0. The molecule has 7 rings (SSSR count). The van der Waals surface area contributed by atoms with Gasteiger partial charge in [0.15, 0.2) is 0 Å². The summed E-state index contributed by atoms with van der Waals surface area (Å²) >= 11 is 0. The summed E-state index contributed by atoms with van der Waals surface area (Å²) in [5.41, 5.74) is 6.04. The molecule has 0 spiro atoms. The van der Waals surface area contributed by atoms with Gasteiger partial charge in [-0.15, -0.1) is 0 Å². The van der Waals surface area contributed by atoms with E-state index in [1.165, 1.54) is 11.1 Å². The molecule has 0 amide bonds. The van der Waals surface area contributed by atoms with Gasteiger partial charge in [0.1, 0.15) is 0 Å². The monoisotopic (exact) mass is 495 g/mol. The highest BCUT2D eigenvalue weighted by Crippen LogP contribution is 2.63. The highest BCUT2D eigenvalue weighted by atomic mass is 16.5. The molecular weight excluding hydrogens is 468 g/mol. The van der Waals surface area contributed by atoms with Gasteiger partial charge < -0.3 is 0 Å². The number of benzene rings is 4. The predicted octanol–water partition coefficient (Wildman–Crippen LogP) is 6.62. The van der Waals surface area contributed by atoms with Crippen molar-refractivity contribution in [3.05, 3.63) is 154 Å². The maximum Gasteiger partial charge on any atom is 0.431 e. The molecular formula is C34H27N2O2+. The van der Waals surface area contributed by atoms with Gasteiger partial charge in [-0.2, -0.15) is 0 Å². The minimum atomic E-state index is -0.559. The van der Waals surface area contributed by atoms with E-state index >= 15 is 0 Å². The van der Waals surface area contributed by atoms with Crippen LogP contribution in [0.1, 0.15) is 35.2 Å². The number of aromatic nitrogens is 2. The maximum atomic E-state index is 13.3. The minimum Gasteiger partial charge on any atom is -0.283 e. The Hall–Kier alpha value is -4.70. The summed E-state index contributed by atoms with van der Waals surface area (Å²) in [6.07, 6.45) is 10.7. The predicted molar refractivity (Wildman–Crippen MR) is 150 cm³/mol. The lowest BCUT2D eigenvalue weighted by Crippen LogP contribution is -2.66. The van der Waals surface area contributed by atoms with Crippen LogP contribution in [-0.4, -0.2) is 5.27 Å². The Bertz CT molecular complexity index is 1730. The third-order valence-electron chi connectivity index (χ3n) is 8.32. The number of fused-ring (bicyclic) bond motifs is 6. The molecule has 1 fully saturated rings. The van der Waals surface area contributed by atoms with E-state index in [0.717, 1.165) is 35.2 Å². The zero-order valence-electron chi connectivity index (χ0n) is 20.9. The van der Waals surface area contributed by atoms with Crippen LogP contribution < -0.4 is 10.3 Å². The summed E-state index contributed by atoms with van der Waals surface area (Å²) in [4.78, 5) is 13.3. The van der Waals surface area contributed by atoms with Crippen molar-refractivity contribution in [3.8, 4) is 16.8 Å². The molecule has 1 aromatic heterocycles. The van der Waals surface area contributed by atoms with Gasteiger partial charge in [0.25, 0.3) is 0 Å². The van der Waals surface area contributed by atoms with E-state index < -0.39 is 10.8 Å². The SMILES string of the molecule is O=c1o[nH][n+]2c1C1(/C=C/c3ccccc3)CCC1(/C=C/c1ccccc1)c1cc(-c3ccccc3)ccc1-2. The number of hydrogen-bond donors (Lipinski definition) is 1. The van der Waals surface area contributed by atoms with Crippen LogP contribution in [-0.2, 0) is 10.8 Å². The highest BCUT2D eigenvalue weighted by Gasteiger charge is 2.68. The highest BCUT2D eigenvalue weighted by molar-refractivity contribution is 5.71. The van der Waals surface area contributed by atoms with Crippen molar-refractivity contribution >= 4 is 12.2 Å². The van der Waals surface area contributed by atoms with Crippen LogP contribution in [0, 0.1) is 0 Å². The summed E-state index contributed by atoms with van der Waals surface area (Å²) in [6.45, 7) is 0. The fourth-order valence-electron chi connectivity index (χ4n) is 6.33. The van der Waals surface area contributed by atoms with Gasteiger partial charge in [0.2, 0.25) is 5.69 Å². The first-order chi connectivity index (χ1) is 18.7. The molecule has 1 aliphatic carbocycles. The molecule has 4 nitrogen and oxygen atoms in total. The molecule has 4 aromatic carbocycles. The van der Waals surface area contributed by atoms with Crippen LogP contribution in [0.2, 0.25) is 0 Å². The number of H-pyrrole nitrogens is 1. The van der Waals surface area contributed by atoms with E-state index in [2.05, 4.69) is 108 Å². The number of allylic oxidation sites excluding steroid dienone is 2. The van der Waals surface area contributed by atoms with Crippen molar-refractivity contribution in [3.63, 3.8) is 0 Å². The van der Waals surface area contributed by atoms with Gasteiger partial charge >= 0.3 is 11.3 Å². The second kappa shape index (κ2) is 8.70. The summed E-state index contributed by atoms with van der Waals surface area (Å²) in [6, 6.07) is 37.6. The third-order valence-corrected chi connectivity index (χ3v) is 8.32. The quantitative estimate of drug-likeness (QED) is 0.279. The molecule has 2 atom stereocenters. The second-order valence-corrected chi connectivity index (χ2v) is 10.2. The molecule has 184 valence electrons. The Morgan fingerprint density at radius 3 is 1.87 bits per heavy atom. The molecule has 2 heterocycles. The van der Waals surface area contributed by atoms with Crippen LogP contribution in [0.15, 0.2) is 131 Å². The first-order valence-corrected chi connectivity index (χ1v) is 13.0. The zero-order chi connectivity index (χ0) is 25.6. The second-order valence-electron chi connectivity index (χ2n) is 10.2. The third kappa shape index (κ3) is 3.30. The van der Waals surface area contributed by atoms with E-state index in [4.69, 9.17) is 4.52 Å². The van der Waals surface area contributed by atoms with E-state index in [9.17, 15) is 4.79 Å². The van der Waals surface area contributed by atoms with Crippen LogP contribution in [0.5, 0.6) is 0 Å². The zero-order valence-corrected chi connectivity index (χ0v) is 20.9. The van der Waals surface area contributed by atoms with Gasteiger partial charge in [0.05, 0.1) is 5.41 Å². The van der Waals surface area contributed by atoms with Crippen molar-refractivity contribution in [2.24, 2.45) is 0 Å². The average Bonchev–Trinajstić information content (AvgIpc) is 3.35. The molecule has 1 aliphatic heterocycles. The van der Waals surface area contributed by atoms with E-state index in [1.54, 1.807) is 0 Å². The lowest BCUT2D eigenvalue weighted by molar-refractivity contribution is -0.685. The fraction of sp³-hybridized carbons (Fsp3) is 0.118. The lowest BCUT2D eigenvalue weighted by Gasteiger charge is -2.55. The molecule has 4 heteroatoms. The van der Waals surface area contributed by atoms with E-state index in [0.29, 0.717) is 5.69 Å². The molecule has 1 saturated carbocycles. The van der Waals surface area contributed by atoms with Crippen molar-refractivity contribution in [2.75, 3.05) is 0 Å². The fourth-order valence-corrected chi connectivity index (χ4v) is 6.33. The van der Waals surface area contributed by atoms with Crippen molar-refractivity contribution in [1.82, 2.24) is 5.27 Å². The molecule has 2 aliphatic rings. The average molecular weight is 496 g/mol. The van der Waals surface area contributed by atoms with Gasteiger partial charge in [-0.05, 0) is 57.2 Å². The van der Waals surface area contributed by atoms with Gasteiger partial charge in [0, 0.05) is 17.0 Å². The summed E-state index contributed by atoms with van der Waals surface area (Å²) in [5.74, 6) is 0. The van der Waals surface area contributed by atoms with Crippen molar-refractivity contribution in [1.29, 1.82) is 0 Å². The molecule has 0 radical (unpaired) electrons. The molecule has 0 saturated heterocycles. The summed E-state index contributed by atoms with van der Waals surface area (Å²) < 4.78 is 7.31. The standard InChI is InChI=1S/C34H26N2O2/c37-32-31-34(21-19-26-12-6-2-7-13-26)23-22-33(34,20-18-25-10-4-1-5-11-25)29-24-28(27-14-8-3-9-15-27)16-17-30(29)36(31)35-38-32/h1-21,24H,22-23H2/p+1/b20-18+,21-19+. The Morgan fingerprint density at radius 2 is 1.26 bits per heavy atom. The summed E-state index contributed by atoms with van der Waals surface area (Å²) in [7, 11) is 0. The summed E-state index contributed by atoms with van der Waals surface area (Å²) in [5, 5.41) is 2.91. The topological polar surface area (TPSA) is 49.9 Å². The smallest absolute Gasteiger partial charge is 0.283 e. The minimum absolute atomic E-state index is 0.322. The van der Waals surface area contributed by atoms with Gasteiger partial charge in [-0.1, -0.05) is 115 Å². The van der Waals surface area contributed by atoms with E-state index in [1.807, 2.05) is 35.0 Å². The van der Waals surface area contributed by atoms with Crippen LogP contribution in [0.3, 0.4) is 0 Å². The largest absolute Gasteiger partial charge is 0.431 e. The molecule has 0 bridgehead atoms. The van der Waals surface area contributed by atoms with Crippen molar-refractivity contribution in [2.45, 2.75) is 23.7 Å². The van der Waals surface area contributed by atoms with Crippen molar-refractivity contribution < 1.29 is 9.20 Å². The van der Waals surface area contributed by atoms with Crippen LogP contribution in [0.25, 0.3) is 29.0 Å². The number of nitrogens with zero attached hydrogens (tertiary/aromatic N) is 1. The Labute approximate surface area is 221 Å². The van der Waals surface area contributed by atoms with Crippen LogP contribution in [0.4, 0.5) is 0 Å². The van der Waals surface area contributed by atoms with Gasteiger partial charge in [-0.3, -0.25) is 4.52 Å². The van der Waals surface area contributed by atoms with Crippen LogP contribution >= 0.6 is 0 Å². The normalized spacial score (nSPS) is 21.6. The number of rotatable bonds is 5. The lowest BCUT2D eigenvalue weighted by atomic mass is 9.44. The molecule has 38 heavy (non-hydrogen) atoms. The Morgan fingerprint density at radius 1 is 0.684 bits per heavy atom. The molecule has 5 aromatic rings. The number of aromatic amines is 1. The van der Waals surface area contributed by atoms with Gasteiger partial charge in [-0.25, -0.2) is 4.79 Å². The number of nitrogens with one attached hydrogen (secondary N) is 1. The number of hydrogen-bond acceptors (Lipinski definition) is 2. The molecule has 1 N–H and O–H groups in total. The Kier molecular flexibility index (Phi) is 5.15. The van der Waals surface area contributed by atoms with E-state index in [-0.39, 0.29) is 5.63 Å². The first kappa shape index (κ1) is 22.5. The maximum absolute atomic E-state index is 13.3. The molecule has 2 unspecified atom stereocenters.